The van der Waals surface area contributed by atoms with Crippen LogP contribution in [0.4, 0.5) is 65.6 Å². The van der Waals surface area contributed by atoms with Crippen molar-refractivity contribution in [1.82, 2.24) is 0 Å². The van der Waals surface area contributed by atoms with Crippen LogP contribution in [0.25, 0.3) is 0 Å². The van der Waals surface area contributed by atoms with E-state index in [1.165, 1.54) is 50.6 Å². The summed E-state index contributed by atoms with van der Waals surface area (Å²) in [5.41, 5.74) is 34.8. The second-order valence-electron chi connectivity index (χ2n) is 27.9. The van der Waals surface area contributed by atoms with E-state index in [0.29, 0.717) is 71.0 Å². The van der Waals surface area contributed by atoms with Crippen molar-refractivity contribution < 1.29 is 19.3 Å². The first-order valence-electron chi connectivity index (χ1n) is 36.9. The van der Waals surface area contributed by atoms with Crippen molar-refractivity contribution >= 4 is 92.5 Å². The van der Waals surface area contributed by atoms with E-state index in [4.69, 9.17) is 34.7 Å². The molecule has 0 heterocycles. The van der Waals surface area contributed by atoms with E-state index in [-0.39, 0.29) is 46.9 Å². The average molecular weight is 1420 g/mol. The molecule has 538 valence electrons. The van der Waals surface area contributed by atoms with Gasteiger partial charge >= 0.3 is 18.1 Å². The van der Waals surface area contributed by atoms with Crippen LogP contribution in [-0.2, 0) is 57.8 Å². The Hall–Kier alpha value is -9.63. The molecule has 0 radical (unpaired) electrons. The highest BCUT2D eigenvalue weighted by Gasteiger charge is 2.37. The number of nitrogens with zero attached hydrogens (tertiary/aromatic N) is 4. The number of anilines is 8. The van der Waals surface area contributed by atoms with Crippen LogP contribution in [0.15, 0.2) is 170 Å². The molecule has 12 rings (SSSR count). The zero-order valence-corrected chi connectivity index (χ0v) is 63.4. The lowest BCUT2D eigenvalue weighted by Crippen LogP contribution is -2.38. The summed E-state index contributed by atoms with van der Waals surface area (Å²) in [5, 5.41) is 22.2. The van der Waals surface area contributed by atoms with Gasteiger partial charge in [0.1, 0.15) is 0 Å². The van der Waals surface area contributed by atoms with Crippen LogP contribution < -0.4 is 42.1 Å². The summed E-state index contributed by atoms with van der Waals surface area (Å²) in [6.07, 6.45) is 9.37. The summed E-state index contributed by atoms with van der Waals surface area (Å²) < 4.78 is 0. The fraction of sp³-hybridized carbons (Fsp3) is 0.345. The van der Waals surface area contributed by atoms with E-state index in [0.717, 1.165) is 113 Å². The van der Waals surface area contributed by atoms with Gasteiger partial charge in [-0.05, 0) is 221 Å². The topological polar surface area (TPSA) is 192 Å². The molecule has 0 saturated carbocycles. The van der Waals surface area contributed by atoms with Gasteiger partial charge in [0.2, 0.25) is 0 Å². The second kappa shape index (κ2) is 34.1. The number of nitrogens with two attached hydrogens (primary N) is 2. The SMILES string of the molecule is CCc1c(Cl)cc([N+](=O)[O-])c(CC)c1NC(=O)N(c1ccc(C(C)C)cc1)C1CCc2ccccc21.CCc1c(N)cc(Cl)c(CC)c1NC(=O)N(c1ccc(C(C)C)cc1)C1CCc2ccccc21.CCc1ccc(N)c(CC)c1NC(=O)N(c1ccc(C(C)C)cc1)C1CCc2ccccc21. The highest BCUT2D eigenvalue weighted by Crippen LogP contribution is 2.45. The number of nitro benzene ring substituents is 1. The summed E-state index contributed by atoms with van der Waals surface area (Å²) >= 11 is 13.0. The largest absolute Gasteiger partial charge is 0.398 e. The molecule has 0 spiro atoms. The van der Waals surface area contributed by atoms with Gasteiger partial charge in [-0.2, -0.15) is 0 Å². The number of nitrogen functional groups attached to an aromatic ring is 2. The molecule has 7 N–H and O–H groups in total. The van der Waals surface area contributed by atoms with Gasteiger partial charge in [0.05, 0.1) is 50.7 Å². The number of hydrogen-bond acceptors (Lipinski definition) is 7. The number of benzene rings is 9. The van der Waals surface area contributed by atoms with E-state index in [1.54, 1.807) is 11.0 Å². The van der Waals surface area contributed by atoms with Crippen LogP contribution in [0.3, 0.4) is 0 Å². The summed E-state index contributed by atoms with van der Waals surface area (Å²) in [4.78, 5) is 59.0. The first-order valence-corrected chi connectivity index (χ1v) is 37.6. The summed E-state index contributed by atoms with van der Waals surface area (Å²) in [6.45, 7) is 25.0. The standard InChI is InChI=1S/C29H32ClN3O3.C29H34ClN3O.C29H35N3O/c1-5-22-25(30)17-27(33(35)36)23(6-2)28(22)31-29(34)32(21-14-11-19(12-15-21)18(3)4)26-16-13-20-9-7-8-10-24(20)26;1-5-22-25(30)17-26(31)23(6-2)28(22)32-29(34)33(21-14-11-19(12-15-21)18(3)4)27-16-13-20-9-7-8-10-24(20)27;1-5-20-13-17-26(30)24(6-2)28(20)31-29(33)32(23-15-11-21(12-16-23)19(3)4)27-18-14-22-9-7-8-10-25(22)27/h7-12,14-15,17-18,26H,5-6,13,16H2,1-4H3,(H,31,34);7-12,14-15,17-18,27H,5-6,13,16,31H2,1-4H3,(H,32,34);7-13,15-17,19,27H,5-6,14,18,30H2,1-4H3,(H,31,33). The number of nitrogens with one attached hydrogen (secondary N) is 3. The number of rotatable bonds is 19. The Balaban J connectivity index is 0.000000166. The van der Waals surface area contributed by atoms with E-state index >= 15 is 0 Å². The maximum Gasteiger partial charge on any atom is 0.326 e. The molecule has 103 heavy (non-hydrogen) atoms. The van der Waals surface area contributed by atoms with Crippen molar-refractivity contribution in [3.63, 3.8) is 0 Å². The highest BCUT2D eigenvalue weighted by atomic mass is 35.5. The number of aryl methyl sites for hydroxylation is 4. The fourth-order valence-corrected chi connectivity index (χ4v) is 15.9. The van der Waals surface area contributed by atoms with Gasteiger partial charge in [0.15, 0.2) is 0 Å². The molecular formula is C87H101Cl2N9O5. The average Bonchev–Trinajstić information content (AvgIpc) is 1.77. The number of nitro groups is 1. The van der Waals surface area contributed by atoms with E-state index in [9.17, 15) is 24.5 Å². The third kappa shape index (κ3) is 16.6. The number of carbonyl (C=O) groups is 3. The van der Waals surface area contributed by atoms with Gasteiger partial charge in [-0.1, -0.05) is 222 Å². The van der Waals surface area contributed by atoms with Crippen LogP contribution >= 0.6 is 23.2 Å². The van der Waals surface area contributed by atoms with Crippen molar-refractivity contribution in [2.24, 2.45) is 0 Å². The molecule has 9 aromatic carbocycles. The van der Waals surface area contributed by atoms with E-state index < -0.39 is 4.92 Å². The fourth-order valence-electron chi connectivity index (χ4n) is 15.2. The first kappa shape index (κ1) is 76.0. The number of hydrogen-bond donors (Lipinski definition) is 5. The Morgan fingerprint density at radius 2 is 0.748 bits per heavy atom. The first-order chi connectivity index (χ1) is 49.5. The normalized spacial score (nSPS) is 14.7. The minimum absolute atomic E-state index is 0.00214. The maximum atomic E-state index is 14.1. The molecule has 14 nitrogen and oxygen atoms in total. The molecule has 3 aliphatic carbocycles. The van der Waals surface area contributed by atoms with E-state index in [1.807, 2.05) is 73.9 Å². The van der Waals surface area contributed by atoms with Crippen LogP contribution in [0, 0.1) is 10.1 Å². The zero-order valence-electron chi connectivity index (χ0n) is 61.9. The monoisotopic (exact) mass is 1420 g/mol. The summed E-state index contributed by atoms with van der Waals surface area (Å²) in [7, 11) is 0. The lowest BCUT2D eigenvalue weighted by molar-refractivity contribution is -0.385. The number of carbonyl (C=O) groups excluding carboxylic acids is 3. The van der Waals surface area contributed by atoms with Crippen LogP contribution in [-0.4, -0.2) is 23.0 Å². The zero-order chi connectivity index (χ0) is 73.9. The molecular weight excluding hydrogens is 1320 g/mol. The quantitative estimate of drug-likeness (QED) is 0.0302. The third-order valence-corrected chi connectivity index (χ3v) is 21.5. The molecule has 0 aliphatic heterocycles. The number of halogens is 2. The predicted molar refractivity (Wildman–Crippen MR) is 430 cm³/mol. The molecule has 0 bridgehead atoms. The molecule has 0 saturated heterocycles. The number of amides is 6. The molecule has 6 amide bonds. The lowest BCUT2D eigenvalue weighted by atomic mass is 10.0. The summed E-state index contributed by atoms with van der Waals surface area (Å²) in [6, 6.07) is 56.4. The van der Waals surface area contributed by atoms with Gasteiger partial charge in [0.25, 0.3) is 5.69 Å². The molecule has 3 aliphatic rings. The number of fused-ring (bicyclic) bond motifs is 3. The lowest BCUT2D eigenvalue weighted by Gasteiger charge is -2.31. The Bertz CT molecular complexity index is 4490. The van der Waals surface area contributed by atoms with Gasteiger partial charge in [-0.25, -0.2) is 14.4 Å². The van der Waals surface area contributed by atoms with Crippen LogP contribution in [0.1, 0.15) is 222 Å². The van der Waals surface area contributed by atoms with Crippen molar-refractivity contribution in [3.05, 3.63) is 273 Å². The van der Waals surface area contributed by atoms with Crippen LogP contribution in [0.5, 0.6) is 0 Å². The van der Waals surface area contributed by atoms with Crippen molar-refractivity contribution in [2.75, 3.05) is 42.1 Å². The molecule has 16 heteroatoms. The second-order valence-corrected chi connectivity index (χ2v) is 28.7. The smallest absolute Gasteiger partial charge is 0.326 e. The molecule has 3 unspecified atom stereocenters. The van der Waals surface area contributed by atoms with Gasteiger partial charge in [0, 0.05) is 39.5 Å². The molecule has 3 atom stereocenters. The Morgan fingerprint density at radius 1 is 0.427 bits per heavy atom. The number of urea groups is 3. The van der Waals surface area contributed by atoms with Gasteiger partial charge in [-0.15, -0.1) is 0 Å². The minimum Gasteiger partial charge on any atom is -0.398 e. The van der Waals surface area contributed by atoms with Crippen LogP contribution in [0.2, 0.25) is 10.0 Å². The predicted octanol–water partition coefficient (Wildman–Crippen LogP) is 23.4. The molecule has 9 aromatic rings. The van der Waals surface area contributed by atoms with Crippen molar-refractivity contribution in [1.29, 1.82) is 0 Å². The summed E-state index contributed by atoms with van der Waals surface area (Å²) in [5.74, 6) is 1.25. The molecule has 0 aromatic heterocycles. The maximum absolute atomic E-state index is 14.1. The van der Waals surface area contributed by atoms with Gasteiger partial charge in [-0.3, -0.25) is 24.8 Å². The minimum atomic E-state index is -0.435. The Labute approximate surface area is 619 Å². The van der Waals surface area contributed by atoms with Gasteiger partial charge < -0.3 is 27.4 Å². The van der Waals surface area contributed by atoms with Crippen molar-refractivity contribution in [2.45, 2.75) is 196 Å². The Kier molecular flexibility index (Phi) is 25.2. The van der Waals surface area contributed by atoms with Crippen molar-refractivity contribution in [3.8, 4) is 0 Å². The third-order valence-electron chi connectivity index (χ3n) is 20.9. The highest BCUT2D eigenvalue weighted by molar-refractivity contribution is 6.32. The Morgan fingerprint density at radius 3 is 1.08 bits per heavy atom. The van der Waals surface area contributed by atoms with E-state index in [2.05, 4.69) is 193 Å². The molecule has 0 fully saturated rings.